The number of benzene rings is 1. The Morgan fingerprint density at radius 2 is 1.96 bits per heavy atom. The second-order valence-corrected chi connectivity index (χ2v) is 6.56. The highest BCUT2D eigenvalue weighted by atomic mass is 16.6. The highest BCUT2D eigenvalue weighted by Gasteiger charge is 2.18. The maximum absolute atomic E-state index is 12.6. The van der Waals surface area contributed by atoms with Crippen molar-refractivity contribution in [3.05, 3.63) is 46.4 Å². The van der Waals surface area contributed by atoms with Crippen LogP contribution in [-0.2, 0) is 0 Å². The fourth-order valence-corrected chi connectivity index (χ4v) is 2.81. The van der Waals surface area contributed by atoms with E-state index in [2.05, 4.69) is 15.1 Å². The molecule has 2 aromatic heterocycles. The molecule has 144 valence electrons. The first-order valence-electron chi connectivity index (χ1n) is 8.72. The van der Waals surface area contributed by atoms with Crippen molar-refractivity contribution >= 4 is 17.4 Å². The van der Waals surface area contributed by atoms with E-state index in [9.17, 15) is 9.59 Å². The van der Waals surface area contributed by atoms with Gasteiger partial charge in [-0.15, -0.1) is 0 Å². The van der Waals surface area contributed by atoms with Crippen molar-refractivity contribution in [2.75, 3.05) is 27.3 Å². The Balaban J connectivity index is 1.81. The van der Waals surface area contributed by atoms with Gasteiger partial charge in [-0.1, -0.05) is 0 Å². The number of aromatic amines is 1. The van der Waals surface area contributed by atoms with Crippen molar-refractivity contribution in [3.8, 4) is 22.8 Å². The summed E-state index contributed by atoms with van der Waals surface area (Å²) in [6.45, 7) is 2.70. The maximum Gasteiger partial charge on any atom is 0.284 e. The van der Waals surface area contributed by atoms with Crippen LogP contribution < -0.4 is 15.0 Å². The van der Waals surface area contributed by atoms with E-state index < -0.39 is 5.91 Å². The molecule has 0 aliphatic carbocycles. The molecule has 3 heterocycles. The molecule has 1 N–H and O–H groups in total. The lowest BCUT2D eigenvalue weighted by molar-refractivity contribution is 0.100. The quantitative estimate of drug-likeness (QED) is 0.534. The number of nitrogens with zero attached hydrogens (tertiary/aromatic N) is 4. The summed E-state index contributed by atoms with van der Waals surface area (Å²) in [5.41, 5.74) is 1.43. The number of aliphatic imine (C=N–C) groups is 1. The van der Waals surface area contributed by atoms with Crippen LogP contribution in [0.1, 0.15) is 17.3 Å². The van der Waals surface area contributed by atoms with Gasteiger partial charge in [-0.2, -0.15) is 14.6 Å². The first-order chi connectivity index (χ1) is 13.4. The molecule has 1 aromatic carbocycles. The number of nitrogens with one attached hydrogen (secondary N) is 1. The normalized spacial score (nSPS) is 13.6. The Morgan fingerprint density at radius 1 is 1.21 bits per heavy atom. The number of amidine groups is 1. The van der Waals surface area contributed by atoms with Gasteiger partial charge in [-0.25, -0.2) is 0 Å². The van der Waals surface area contributed by atoms with Gasteiger partial charge in [-0.3, -0.25) is 9.59 Å². The van der Waals surface area contributed by atoms with E-state index in [1.165, 1.54) is 12.3 Å². The van der Waals surface area contributed by atoms with E-state index in [1.54, 1.807) is 38.1 Å². The van der Waals surface area contributed by atoms with Gasteiger partial charge in [0.15, 0.2) is 17.1 Å². The minimum absolute atomic E-state index is 0.220. The third kappa shape index (κ3) is 3.11. The predicted octanol–water partition coefficient (Wildman–Crippen LogP) is 1.58. The lowest BCUT2D eigenvalue weighted by atomic mass is 10.1. The number of aromatic nitrogens is 3. The largest absolute Gasteiger partial charge is 0.486 e. The van der Waals surface area contributed by atoms with Gasteiger partial charge >= 0.3 is 0 Å². The molecule has 0 fully saturated rings. The van der Waals surface area contributed by atoms with Gasteiger partial charge in [0.2, 0.25) is 0 Å². The van der Waals surface area contributed by atoms with Crippen LogP contribution in [0.25, 0.3) is 16.9 Å². The minimum Gasteiger partial charge on any atom is -0.486 e. The third-order valence-corrected chi connectivity index (χ3v) is 4.49. The first kappa shape index (κ1) is 17.8. The van der Waals surface area contributed by atoms with Gasteiger partial charge in [0.25, 0.3) is 11.5 Å². The van der Waals surface area contributed by atoms with E-state index in [4.69, 9.17) is 9.47 Å². The molecule has 0 radical (unpaired) electrons. The molecule has 28 heavy (non-hydrogen) atoms. The second kappa shape index (κ2) is 6.84. The van der Waals surface area contributed by atoms with E-state index in [0.29, 0.717) is 36.2 Å². The number of amides is 1. The number of rotatable bonds is 2. The zero-order chi connectivity index (χ0) is 19.8. The lowest BCUT2D eigenvalue weighted by Crippen LogP contribution is -2.20. The topological polar surface area (TPSA) is 101 Å². The summed E-state index contributed by atoms with van der Waals surface area (Å²) in [5.74, 6) is 1.35. The molecule has 9 heteroatoms. The third-order valence-electron chi connectivity index (χ3n) is 4.49. The zero-order valence-electron chi connectivity index (χ0n) is 15.7. The van der Waals surface area contributed by atoms with E-state index >= 15 is 0 Å². The van der Waals surface area contributed by atoms with Crippen LogP contribution in [-0.4, -0.2) is 58.5 Å². The van der Waals surface area contributed by atoms with E-state index in [-0.39, 0.29) is 16.8 Å². The zero-order valence-corrected chi connectivity index (χ0v) is 15.7. The molecule has 0 bridgehead atoms. The average molecular weight is 381 g/mol. The molecule has 3 aromatic rings. The standard InChI is InChI=1S/C19H19N5O4/c1-11(23(2)3)21-19(26)13-10-20-24-17(25)9-14(22-18(13)24)12-4-5-15-16(8-12)28-7-6-27-15/h4-5,8-10,22H,6-7H2,1-3H3. The van der Waals surface area contributed by atoms with Crippen LogP contribution in [0, 0.1) is 0 Å². The van der Waals surface area contributed by atoms with Crippen LogP contribution in [0.4, 0.5) is 0 Å². The van der Waals surface area contributed by atoms with Crippen LogP contribution >= 0.6 is 0 Å². The molecule has 0 spiro atoms. The van der Waals surface area contributed by atoms with Crippen LogP contribution in [0.5, 0.6) is 11.5 Å². The number of carbonyl (C=O) groups excluding carboxylic acids is 1. The van der Waals surface area contributed by atoms with Crippen LogP contribution in [0.2, 0.25) is 0 Å². The fraction of sp³-hybridized carbons (Fsp3) is 0.263. The molecule has 1 aliphatic heterocycles. The summed E-state index contributed by atoms with van der Waals surface area (Å²) in [6, 6.07) is 6.83. The Labute approximate surface area is 160 Å². The summed E-state index contributed by atoms with van der Waals surface area (Å²) >= 11 is 0. The Kier molecular flexibility index (Phi) is 4.34. The summed E-state index contributed by atoms with van der Waals surface area (Å²) < 4.78 is 12.3. The number of hydrogen-bond acceptors (Lipinski definition) is 5. The fourth-order valence-electron chi connectivity index (χ4n) is 2.81. The molecule has 0 unspecified atom stereocenters. The molecule has 0 saturated heterocycles. The number of ether oxygens (including phenoxy) is 2. The highest BCUT2D eigenvalue weighted by Crippen LogP contribution is 2.33. The summed E-state index contributed by atoms with van der Waals surface area (Å²) in [5, 5.41) is 4.02. The van der Waals surface area contributed by atoms with Crippen LogP contribution in [0.3, 0.4) is 0 Å². The molecule has 0 saturated carbocycles. The van der Waals surface area contributed by atoms with Crippen molar-refractivity contribution < 1.29 is 14.3 Å². The van der Waals surface area contributed by atoms with Crippen molar-refractivity contribution in [1.29, 1.82) is 0 Å². The molecule has 0 atom stereocenters. The Morgan fingerprint density at radius 3 is 2.71 bits per heavy atom. The summed E-state index contributed by atoms with van der Waals surface area (Å²) in [7, 11) is 3.59. The summed E-state index contributed by atoms with van der Waals surface area (Å²) in [6.07, 6.45) is 1.34. The summed E-state index contributed by atoms with van der Waals surface area (Å²) in [4.78, 5) is 34.0. The smallest absolute Gasteiger partial charge is 0.284 e. The monoisotopic (exact) mass is 381 g/mol. The molecule has 1 amide bonds. The SMILES string of the molecule is CC(=NC(=O)c1cnn2c(=O)cc(-c3ccc4c(c3)OCCO4)[nH]c12)N(C)C. The van der Waals surface area contributed by atoms with E-state index in [0.717, 1.165) is 10.1 Å². The second-order valence-electron chi connectivity index (χ2n) is 6.56. The maximum atomic E-state index is 12.6. The minimum atomic E-state index is -0.476. The van der Waals surface area contributed by atoms with Crippen molar-refractivity contribution in [2.45, 2.75) is 6.92 Å². The van der Waals surface area contributed by atoms with E-state index in [1.807, 2.05) is 6.07 Å². The van der Waals surface area contributed by atoms with Gasteiger partial charge in [0.05, 0.1) is 11.9 Å². The van der Waals surface area contributed by atoms with Crippen molar-refractivity contribution in [3.63, 3.8) is 0 Å². The van der Waals surface area contributed by atoms with Gasteiger partial charge in [0.1, 0.15) is 24.6 Å². The predicted molar refractivity (Wildman–Crippen MR) is 103 cm³/mol. The van der Waals surface area contributed by atoms with Gasteiger partial charge < -0.3 is 19.4 Å². The molecule has 9 nitrogen and oxygen atoms in total. The Hall–Kier alpha value is -3.62. The Bertz CT molecular complexity index is 1160. The van der Waals surface area contributed by atoms with Crippen molar-refractivity contribution in [1.82, 2.24) is 19.5 Å². The number of carbonyl (C=O) groups is 1. The van der Waals surface area contributed by atoms with Crippen LogP contribution in [0.15, 0.2) is 40.2 Å². The lowest BCUT2D eigenvalue weighted by Gasteiger charge is -2.18. The molecule has 4 rings (SSSR count). The van der Waals surface area contributed by atoms with Crippen molar-refractivity contribution in [2.24, 2.45) is 4.99 Å². The number of H-pyrrole nitrogens is 1. The van der Waals surface area contributed by atoms with Gasteiger partial charge in [0, 0.05) is 25.7 Å². The molecule has 1 aliphatic rings. The average Bonchev–Trinajstić information content (AvgIpc) is 3.12. The van der Waals surface area contributed by atoms with Gasteiger partial charge in [-0.05, 0) is 25.1 Å². The molecular formula is C19H19N5O4. The first-order valence-corrected chi connectivity index (χ1v) is 8.72. The molecular weight excluding hydrogens is 362 g/mol. The highest BCUT2D eigenvalue weighted by molar-refractivity contribution is 6.06. The number of hydrogen-bond donors (Lipinski definition) is 1. The number of fused-ring (bicyclic) bond motifs is 2.